The second-order valence-corrected chi connectivity index (χ2v) is 9.45. The molecule has 0 spiro atoms. The van der Waals surface area contributed by atoms with Gasteiger partial charge in [-0.05, 0) is 47.0 Å². The number of nitrogens with zero attached hydrogens (tertiary/aromatic N) is 2. The molecule has 5 nitrogen and oxygen atoms in total. The van der Waals surface area contributed by atoms with Crippen molar-refractivity contribution in [2.75, 3.05) is 19.7 Å². The van der Waals surface area contributed by atoms with Crippen LogP contribution in [0.2, 0.25) is 0 Å². The molecule has 3 heterocycles. The summed E-state index contributed by atoms with van der Waals surface area (Å²) in [6, 6.07) is 9.20. The number of thiophene rings is 1. The van der Waals surface area contributed by atoms with E-state index in [1.165, 1.54) is 4.31 Å². The monoisotopic (exact) mass is 388 g/mol. The molecule has 1 aliphatic rings. The highest BCUT2D eigenvalue weighted by molar-refractivity contribution is 7.89. The lowest BCUT2D eigenvalue weighted by atomic mass is 9.92. The standard InChI is InChI=1S/C19H20N2O3S2/c1-13-7-14-3-2-4-18(19(14)20-8-13)26(23,24)21-9-16(11-22)17(10-21)15-5-6-25-12-15/h2-8,12,16-17,22H,9-11H2,1H3/t16-,17-/m0/s1. The summed E-state index contributed by atoms with van der Waals surface area (Å²) in [4.78, 5) is 4.61. The average molecular weight is 389 g/mol. The second-order valence-electron chi connectivity index (χ2n) is 6.77. The highest BCUT2D eigenvalue weighted by Gasteiger charge is 2.40. The molecule has 2 aromatic heterocycles. The Morgan fingerprint density at radius 2 is 2.15 bits per heavy atom. The van der Waals surface area contributed by atoms with Crippen LogP contribution >= 0.6 is 11.3 Å². The van der Waals surface area contributed by atoms with Crippen LogP contribution in [0.4, 0.5) is 0 Å². The number of aliphatic hydroxyl groups excluding tert-OH is 1. The first kappa shape index (κ1) is 17.6. The molecule has 1 fully saturated rings. The summed E-state index contributed by atoms with van der Waals surface area (Å²) in [5.74, 6) is -0.0734. The Bertz CT molecular complexity index is 1030. The van der Waals surface area contributed by atoms with Crippen molar-refractivity contribution in [2.24, 2.45) is 5.92 Å². The molecule has 1 aliphatic heterocycles. The summed E-state index contributed by atoms with van der Waals surface area (Å²) in [7, 11) is -3.68. The van der Waals surface area contributed by atoms with Crippen molar-refractivity contribution in [1.82, 2.24) is 9.29 Å². The summed E-state index contributed by atoms with van der Waals surface area (Å²) in [6.07, 6.45) is 1.69. The molecular weight excluding hydrogens is 368 g/mol. The number of benzene rings is 1. The Labute approximate surface area is 157 Å². The van der Waals surface area contributed by atoms with Crippen molar-refractivity contribution in [1.29, 1.82) is 0 Å². The van der Waals surface area contributed by atoms with Gasteiger partial charge in [0.15, 0.2) is 0 Å². The van der Waals surface area contributed by atoms with Crippen molar-refractivity contribution in [3.8, 4) is 0 Å². The van der Waals surface area contributed by atoms with Gasteiger partial charge in [0.05, 0.1) is 5.52 Å². The lowest BCUT2D eigenvalue weighted by Gasteiger charge is -2.17. The molecule has 136 valence electrons. The fourth-order valence-corrected chi connectivity index (χ4v) is 6.08. The Morgan fingerprint density at radius 1 is 1.31 bits per heavy atom. The van der Waals surface area contributed by atoms with E-state index in [0.717, 1.165) is 16.5 Å². The highest BCUT2D eigenvalue weighted by atomic mass is 32.2. The van der Waals surface area contributed by atoms with Gasteiger partial charge in [-0.15, -0.1) is 0 Å². The second kappa shape index (κ2) is 6.74. The van der Waals surface area contributed by atoms with E-state index in [0.29, 0.717) is 18.6 Å². The van der Waals surface area contributed by atoms with E-state index in [1.54, 1.807) is 29.7 Å². The van der Waals surface area contributed by atoms with Crippen molar-refractivity contribution < 1.29 is 13.5 Å². The third-order valence-electron chi connectivity index (χ3n) is 5.04. The number of hydrogen-bond donors (Lipinski definition) is 1. The number of rotatable bonds is 4. The van der Waals surface area contributed by atoms with Crippen LogP contribution in [-0.4, -0.2) is 42.5 Å². The number of fused-ring (bicyclic) bond motifs is 1. The van der Waals surface area contributed by atoms with Gasteiger partial charge in [-0.2, -0.15) is 15.6 Å². The van der Waals surface area contributed by atoms with Crippen molar-refractivity contribution in [3.05, 3.63) is 58.4 Å². The Hall–Kier alpha value is -1.80. The third kappa shape index (κ3) is 2.95. The first-order valence-corrected chi connectivity index (χ1v) is 10.9. The quantitative estimate of drug-likeness (QED) is 0.746. The zero-order valence-electron chi connectivity index (χ0n) is 14.4. The zero-order valence-corrected chi connectivity index (χ0v) is 16.0. The first-order valence-electron chi connectivity index (χ1n) is 8.49. The predicted molar refractivity (Wildman–Crippen MR) is 103 cm³/mol. The molecule has 3 aromatic rings. The lowest BCUT2D eigenvalue weighted by Crippen LogP contribution is -2.29. The lowest BCUT2D eigenvalue weighted by molar-refractivity contribution is 0.223. The van der Waals surface area contributed by atoms with Crippen LogP contribution < -0.4 is 0 Å². The SMILES string of the molecule is Cc1cnc2c(S(=O)(=O)N3C[C@@H](CO)[C@H](c4ccsc4)C3)cccc2c1. The largest absolute Gasteiger partial charge is 0.396 e. The molecule has 1 aromatic carbocycles. The zero-order chi connectivity index (χ0) is 18.3. The van der Waals surface area contributed by atoms with Crippen molar-refractivity contribution in [2.45, 2.75) is 17.7 Å². The van der Waals surface area contributed by atoms with Crippen molar-refractivity contribution >= 4 is 32.3 Å². The van der Waals surface area contributed by atoms with Gasteiger partial charge in [0.25, 0.3) is 0 Å². The van der Waals surface area contributed by atoms with E-state index >= 15 is 0 Å². The summed E-state index contributed by atoms with van der Waals surface area (Å²) in [5.41, 5.74) is 2.59. The van der Waals surface area contributed by atoms with Crippen molar-refractivity contribution in [3.63, 3.8) is 0 Å². The summed E-state index contributed by atoms with van der Waals surface area (Å²) < 4.78 is 28.1. The number of aromatic nitrogens is 1. The molecule has 0 unspecified atom stereocenters. The van der Waals surface area contributed by atoms with E-state index in [2.05, 4.69) is 4.98 Å². The minimum Gasteiger partial charge on any atom is -0.396 e. The molecule has 0 amide bonds. The van der Waals surface area contributed by atoms with Gasteiger partial charge >= 0.3 is 0 Å². The molecule has 7 heteroatoms. The van der Waals surface area contributed by atoms with Gasteiger partial charge in [0, 0.05) is 43.1 Å². The van der Waals surface area contributed by atoms with Gasteiger partial charge in [-0.25, -0.2) is 8.42 Å². The normalized spacial score (nSPS) is 21.5. The van der Waals surface area contributed by atoms with Crippen LogP contribution in [0.1, 0.15) is 17.0 Å². The van der Waals surface area contributed by atoms with Gasteiger partial charge in [-0.3, -0.25) is 4.98 Å². The first-order chi connectivity index (χ1) is 12.5. The maximum atomic E-state index is 13.3. The number of para-hydroxylation sites is 1. The van der Waals surface area contributed by atoms with E-state index in [-0.39, 0.29) is 23.3 Å². The molecule has 0 radical (unpaired) electrons. The Balaban J connectivity index is 1.74. The Morgan fingerprint density at radius 3 is 2.88 bits per heavy atom. The number of hydrogen-bond acceptors (Lipinski definition) is 5. The number of aliphatic hydroxyl groups is 1. The van der Waals surface area contributed by atoms with Crippen LogP contribution in [-0.2, 0) is 10.0 Å². The van der Waals surface area contributed by atoms with Gasteiger partial charge in [0.1, 0.15) is 4.90 Å². The van der Waals surface area contributed by atoms with Crippen LogP contribution in [0, 0.1) is 12.8 Å². The van der Waals surface area contributed by atoms with E-state index in [4.69, 9.17) is 0 Å². The maximum absolute atomic E-state index is 13.3. The number of sulfonamides is 1. The molecule has 1 saturated heterocycles. The van der Waals surface area contributed by atoms with E-state index in [9.17, 15) is 13.5 Å². The molecule has 0 bridgehead atoms. The number of pyridine rings is 1. The summed E-state index contributed by atoms with van der Waals surface area (Å²) in [6.45, 7) is 2.61. The fraction of sp³-hybridized carbons (Fsp3) is 0.316. The third-order valence-corrected chi connectivity index (χ3v) is 7.61. The van der Waals surface area contributed by atoms with Crippen LogP contribution in [0.3, 0.4) is 0 Å². The van der Waals surface area contributed by atoms with Gasteiger partial charge in [-0.1, -0.05) is 12.1 Å². The summed E-state index contributed by atoms with van der Waals surface area (Å²) >= 11 is 1.59. The smallest absolute Gasteiger partial charge is 0.245 e. The molecule has 1 N–H and O–H groups in total. The van der Waals surface area contributed by atoms with E-state index in [1.807, 2.05) is 35.9 Å². The average Bonchev–Trinajstić information content (AvgIpc) is 3.30. The highest BCUT2D eigenvalue weighted by Crippen LogP contribution is 2.37. The van der Waals surface area contributed by atoms with Gasteiger partial charge < -0.3 is 5.11 Å². The maximum Gasteiger partial charge on any atom is 0.245 e. The topological polar surface area (TPSA) is 70.5 Å². The molecule has 2 atom stereocenters. The molecule has 4 rings (SSSR count). The van der Waals surface area contributed by atoms with Gasteiger partial charge in [0.2, 0.25) is 10.0 Å². The van der Waals surface area contributed by atoms with Crippen LogP contribution in [0.5, 0.6) is 0 Å². The minimum absolute atomic E-state index is 0.0196. The molecular formula is C19H20N2O3S2. The molecule has 0 saturated carbocycles. The van der Waals surface area contributed by atoms with Crippen LogP contribution in [0.25, 0.3) is 10.9 Å². The molecule has 26 heavy (non-hydrogen) atoms. The van der Waals surface area contributed by atoms with E-state index < -0.39 is 10.0 Å². The van der Waals surface area contributed by atoms with Crippen LogP contribution in [0.15, 0.2) is 52.2 Å². The predicted octanol–water partition coefficient (Wildman–Crippen LogP) is 3.00. The minimum atomic E-state index is -3.68. The summed E-state index contributed by atoms with van der Waals surface area (Å²) in [5, 5.41) is 14.6. The molecule has 0 aliphatic carbocycles. The number of aryl methyl sites for hydroxylation is 1. The Kier molecular flexibility index (Phi) is 4.56. The fourth-order valence-electron chi connectivity index (χ4n) is 3.67.